The first-order chi connectivity index (χ1) is 10.0. The molecule has 3 N–H and O–H groups in total. The van der Waals surface area contributed by atoms with Gasteiger partial charge in [0.1, 0.15) is 0 Å². The minimum Gasteiger partial charge on any atom is -0.390 e. The molecular formula is C17H22N2O2. The van der Waals surface area contributed by atoms with Crippen molar-refractivity contribution < 1.29 is 9.90 Å². The normalized spacial score (nSPS) is 22.1. The molecule has 4 heteroatoms. The summed E-state index contributed by atoms with van der Waals surface area (Å²) in [6.07, 6.45) is 2.18. The van der Waals surface area contributed by atoms with E-state index in [-0.39, 0.29) is 5.91 Å². The summed E-state index contributed by atoms with van der Waals surface area (Å²) >= 11 is 0. The van der Waals surface area contributed by atoms with Gasteiger partial charge in [0, 0.05) is 24.2 Å². The Morgan fingerprint density at radius 3 is 3.00 bits per heavy atom. The molecule has 1 aliphatic rings. The summed E-state index contributed by atoms with van der Waals surface area (Å²) in [4.78, 5) is 14.4. The van der Waals surface area contributed by atoms with E-state index in [1.807, 2.05) is 24.0 Å². The number of nitrogens with zero attached hydrogens (tertiary/aromatic N) is 1. The van der Waals surface area contributed by atoms with Crippen molar-refractivity contribution in [3.05, 3.63) is 35.4 Å². The molecule has 1 heterocycles. The third-order valence-corrected chi connectivity index (χ3v) is 3.80. The summed E-state index contributed by atoms with van der Waals surface area (Å²) in [5, 5.41) is 10.1. The molecule has 0 bridgehead atoms. The molecule has 1 aromatic carbocycles. The van der Waals surface area contributed by atoms with Crippen LogP contribution in [0.5, 0.6) is 0 Å². The molecule has 1 atom stereocenters. The molecule has 1 aliphatic heterocycles. The predicted octanol–water partition coefficient (Wildman–Crippen LogP) is 1.37. The van der Waals surface area contributed by atoms with Crippen molar-refractivity contribution in [2.45, 2.75) is 31.8 Å². The zero-order valence-electron chi connectivity index (χ0n) is 12.4. The lowest BCUT2D eigenvalue weighted by Crippen LogP contribution is -2.33. The van der Waals surface area contributed by atoms with E-state index in [1.54, 1.807) is 12.1 Å². The molecule has 0 aliphatic carbocycles. The van der Waals surface area contributed by atoms with E-state index in [4.69, 9.17) is 5.73 Å². The Morgan fingerprint density at radius 2 is 2.24 bits per heavy atom. The Balaban J connectivity index is 2.12. The second-order valence-electron chi connectivity index (χ2n) is 5.73. The topological polar surface area (TPSA) is 66.6 Å². The highest BCUT2D eigenvalue weighted by molar-refractivity contribution is 5.94. The predicted molar refractivity (Wildman–Crippen MR) is 82.8 cm³/mol. The molecule has 1 aromatic rings. The zero-order chi connectivity index (χ0) is 15.3. The molecule has 112 valence electrons. The van der Waals surface area contributed by atoms with Crippen molar-refractivity contribution in [2.24, 2.45) is 5.73 Å². The van der Waals surface area contributed by atoms with Gasteiger partial charge < -0.3 is 15.7 Å². The van der Waals surface area contributed by atoms with Crippen LogP contribution in [0.15, 0.2) is 24.3 Å². The maximum absolute atomic E-state index is 12.6. The van der Waals surface area contributed by atoms with Crippen LogP contribution < -0.4 is 5.73 Å². The lowest BCUT2D eigenvalue weighted by Gasteiger charge is -2.22. The number of carbonyl (C=O) groups excluding carboxylic acids is 1. The molecule has 4 nitrogen and oxygen atoms in total. The maximum atomic E-state index is 12.6. The van der Waals surface area contributed by atoms with Crippen LogP contribution in [0.25, 0.3) is 0 Å². The quantitative estimate of drug-likeness (QED) is 0.766. The van der Waals surface area contributed by atoms with Gasteiger partial charge in [-0.3, -0.25) is 4.79 Å². The lowest BCUT2D eigenvalue weighted by atomic mass is 9.98. The number of amides is 1. The Hall–Kier alpha value is -1.83. The van der Waals surface area contributed by atoms with E-state index in [1.165, 1.54) is 0 Å². The molecule has 1 unspecified atom stereocenters. The molecule has 0 spiro atoms. The number of likely N-dealkylation sites (tertiary alicyclic amines) is 1. The second-order valence-corrected chi connectivity index (χ2v) is 5.73. The number of hydrogen-bond acceptors (Lipinski definition) is 3. The first-order valence-corrected chi connectivity index (χ1v) is 7.32. The summed E-state index contributed by atoms with van der Waals surface area (Å²) in [5.41, 5.74) is 6.14. The van der Waals surface area contributed by atoms with E-state index in [0.717, 1.165) is 18.4 Å². The first kappa shape index (κ1) is 15.6. The smallest absolute Gasteiger partial charge is 0.253 e. The third kappa shape index (κ3) is 4.32. The fourth-order valence-corrected chi connectivity index (χ4v) is 2.53. The van der Waals surface area contributed by atoms with Crippen LogP contribution >= 0.6 is 0 Å². The highest BCUT2D eigenvalue weighted by Crippen LogP contribution is 2.22. The summed E-state index contributed by atoms with van der Waals surface area (Å²) in [5.74, 6) is 5.74. The van der Waals surface area contributed by atoms with Crippen molar-refractivity contribution in [1.82, 2.24) is 4.90 Å². The highest BCUT2D eigenvalue weighted by Gasteiger charge is 2.27. The minimum absolute atomic E-state index is 0.00379. The Kier molecular flexibility index (Phi) is 5.00. The summed E-state index contributed by atoms with van der Waals surface area (Å²) in [7, 11) is 0. The average molecular weight is 286 g/mol. The van der Waals surface area contributed by atoms with Gasteiger partial charge in [0.25, 0.3) is 5.91 Å². The standard InChI is InChI=1S/C17H22N2O2/c1-17(21)8-4-11-19(12-9-17)16(20)15-7-2-5-14(13-15)6-3-10-18/h2,5,7,13,21H,4,8-12,18H2,1H3. The summed E-state index contributed by atoms with van der Waals surface area (Å²) < 4.78 is 0. The lowest BCUT2D eigenvalue weighted by molar-refractivity contribution is 0.0438. The van der Waals surface area contributed by atoms with Crippen molar-refractivity contribution in [3.8, 4) is 11.8 Å². The number of nitrogens with two attached hydrogens (primary N) is 1. The number of hydrogen-bond donors (Lipinski definition) is 2. The molecule has 1 amide bonds. The maximum Gasteiger partial charge on any atom is 0.253 e. The van der Waals surface area contributed by atoms with Crippen LogP contribution in [0, 0.1) is 11.8 Å². The molecule has 21 heavy (non-hydrogen) atoms. The largest absolute Gasteiger partial charge is 0.390 e. The summed E-state index contributed by atoms with van der Waals surface area (Å²) in [6, 6.07) is 7.31. The molecule has 1 saturated heterocycles. The Bertz CT molecular complexity index is 570. The van der Waals surface area contributed by atoms with Gasteiger partial charge >= 0.3 is 0 Å². The van der Waals surface area contributed by atoms with Crippen molar-refractivity contribution in [3.63, 3.8) is 0 Å². The van der Waals surface area contributed by atoms with Crippen LogP contribution in [-0.4, -0.2) is 41.1 Å². The first-order valence-electron chi connectivity index (χ1n) is 7.32. The molecule has 1 fully saturated rings. The fourth-order valence-electron chi connectivity index (χ4n) is 2.53. The van der Waals surface area contributed by atoms with Gasteiger partial charge in [-0.2, -0.15) is 0 Å². The van der Waals surface area contributed by atoms with Crippen molar-refractivity contribution in [2.75, 3.05) is 19.6 Å². The molecule has 0 saturated carbocycles. The molecular weight excluding hydrogens is 264 g/mol. The number of aliphatic hydroxyl groups is 1. The number of carbonyl (C=O) groups is 1. The monoisotopic (exact) mass is 286 g/mol. The van der Waals surface area contributed by atoms with Crippen LogP contribution in [0.2, 0.25) is 0 Å². The average Bonchev–Trinajstić information content (AvgIpc) is 2.65. The van der Waals surface area contributed by atoms with Gasteiger partial charge in [0.2, 0.25) is 0 Å². The summed E-state index contributed by atoms with van der Waals surface area (Å²) in [6.45, 7) is 3.42. The second kappa shape index (κ2) is 6.75. The minimum atomic E-state index is -0.663. The van der Waals surface area contributed by atoms with Crippen LogP contribution in [0.3, 0.4) is 0 Å². The van der Waals surface area contributed by atoms with Crippen LogP contribution in [0.4, 0.5) is 0 Å². The van der Waals surface area contributed by atoms with E-state index < -0.39 is 5.60 Å². The molecule has 0 aromatic heterocycles. The van der Waals surface area contributed by atoms with E-state index in [9.17, 15) is 9.90 Å². The van der Waals surface area contributed by atoms with Gasteiger partial charge in [0.15, 0.2) is 0 Å². The number of benzene rings is 1. The van der Waals surface area contributed by atoms with Crippen LogP contribution in [0.1, 0.15) is 42.1 Å². The Labute approximate surface area is 125 Å². The SMILES string of the molecule is CC1(O)CCCN(C(=O)c2cccc(C#CCN)c2)CC1. The van der Waals surface area contributed by atoms with Crippen molar-refractivity contribution >= 4 is 5.91 Å². The van der Waals surface area contributed by atoms with E-state index >= 15 is 0 Å². The Morgan fingerprint density at radius 1 is 1.43 bits per heavy atom. The third-order valence-electron chi connectivity index (χ3n) is 3.80. The van der Waals surface area contributed by atoms with Gasteiger partial charge in [-0.25, -0.2) is 0 Å². The molecule has 0 radical (unpaired) electrons. The van der Waals surface area contributed by atoms with E-state index in [2.05, 4.69) is 11.8 Å². The van der Waals surface area contributed by atoms with Gasteiger partial charge in [-0.05, 0) is 44.4 Å². The van der Waals surface area contributed by atoms with Gasteiger partial charge in [0.05, 0.1) is 12.1 Å². The zero-order valence-corrected chi connectivity index (χ0v) is 12.4. The highest BCUT2D eigenvalue weighted by atomic mass is 16.3. The number of rotatable bonds is 1. The van der Waals surface area contributed by atoms with Crippen molar-refractivity contribution in [1.29, 1.82) is 0 Å². The van der Waals surface area contributed by atoms with E-state index in [0.29, 0.717) is 31.6 Å². The van der Waals surface area contributed by atoms with Gasteiger partial charge in [-0.1, -0.05) is 17.9 Å². The van der Waals surface area contributed by atoms with Gasteiger partial charge in [-0.15, -0.1) is 0 Å². The van der Waals surface area contributed by atoms with Crippen LogP contribution in [-0.2, 0) is 0 Å². The molecule has 2 rings (SSSR count). The fraction of sp³-hybridized carbons (Fsp3) is 0.471.